The van der Waals surface area contributed by atoms with E-state index in [1.807, 2.05) is 31.2 Å². The number of benzene rings is 1. The number of carbonyl (C=O) groups excluding carboxylic acids is 1. The Morgan fingerprint density at radius 1 is 1.29 bits per heavy atom. The highest BCUT2D eigenvalue weighted by atomic mass is 16.5. The van der Waals surface area contributed by atoms with Gasteiger partial charge in [-0.15, -0.1) is 0 Å². The van der Waals surface area contributed by atoms with E-state index < -0.39 is 5.54 Å². The Bertz CT molecular complexity index is 453. The van der Waals surface area contributed by atoms with Crippen molar-refractivity contribution >= 4 is 5.91 Å². The van der Waals surface area contributed by atoms with Crippen molar-refractivity contribution in [3.8, 4) is 0 Å². The van der Waals surface area contributed by atoms with E-state index in [1.54, 1.807) is 0 Å². The molecule has 21 heavy (non-hydrogen) atoms. The Hall–Kier alpha value is -1.43. The first-order chi connectivity index (χ1) is 10.1. The molecule has 1 heterocycles. The number of nitrogens with one attached hydrogen (secondary N) is 1. The van der Waals surface area contributed by atoms with Crippen LogP contribution >= 0.6 is 0 Å². The zero-order chi connectivity index (χ0) is 15.1. The largest absolute Gasteiger partial charge is 0.381 e. The van der Waals surface area contributed by atoms with Gasteiger partial charge in [-0.05, 0) is 30.9 Å². The summed E-state index contributed by atoms with van der Waals surface area (Å²) in [5, 5.41) is 2.92. The van der Waals surface area contributed by atoms with Gasteiger partial charge in [0.05, 0.1) is 12.1 Å². The molecule has 3 N–H and O–H groups in total. The van der Waals surface area contributed by atoms with Crippen LogP contribution in [0.1, 0.15) is 30.9 Å². The van der Waals surface area contributed by atoms with Gasteiger partial charge in [-0.1, -0.05) is 24.3 Å². The third-order valence-corrected chi connectivity index (χ3v) is 3.79. The maximum Gasteiger partial charge on any atom is 0.240 e. The first-order valence-corrected chi connectivity index (χ1v) is 7.44. The maximum absolute atomic E-state index is 12.2. The molecule has 5 nitrogen and oxygen atoms in total. The van der Waals surface area contributed by atoms with Gasteiger partial charge in [-0.25, -0.2) is 0 Å². The van der Waals surface area contributed by atoms with Crippen LogP contribution in [0.3, 0.4) is 0 Å². The summed E-state index contributed by atoms with van der Waals surface area (Å²) >= 11 is 0. The van der Waals surface area contributed by atoms with Crippen LogP contribution < -0.4 is 11.1 Å². The number of carbonyl (C=O) groups is 1. The zero-order valence-corrected chi connectivity index (χ0v) is 12.6. The summed E-state index contributed by atoms with van der Waals surface area (Å²) in [5.41, 5.74) is 7.54. The van der Waals surface area contributed by atoms with Gasteiger partial charge in [-0.3, -0.25) is 4.79 Å². The molecule has 0 saturated carbocycles. The molecule has 0 aromatic heterocycles. The summed E-state index contributed by atoms with van der Waals surface area (Å²) in [6, 6.07) is 8.04. The van der Waals surface area contributed by atoms with Gasteiger partial charge in [-0.2, -0.15) is 0 Å². The van der Waals surface area contributed by atoms with Crippen LogP contribution in [0.4, 0.5) is 0 Å². The number of nitrogens with two attached hydrogens (primary N) is 1. The molecule has 1 aromatic carbocycles. The summed E-state index contributed by atoms with van der Waals surface area (Å²) in [6.45, 7) is 4.90. The lowest BCUT2D eigenvalue weighted by atomic mass is 9.90. The van der Waals surface area contributed by atoms with Gasteiger partial charge >= 0.3 is 0 Å². The summed E-state index contributed by atoms with van der Waals surface area (Å²) in [6.07, 6.45) is 1.15. The summed E-state index contributed by atoms with van der Waals surface area (Å²) in [5.74, 6) is -0.0933. The minimum atomic E-state index is -0.785. The highest BCUT2D eigenvalue weighted by Gasteiger charge is 2.35. The van der Waals surface area contributed by atoms with E-state index in [9.17, 15) is 4.79 Å². The average molecular weight is 292 g/mol. The smallest absolute Gasteiger partial charge is 0.240 e. The second kappa shape index (κ2) is 7.54. The lowest BCUT2D eigenvalue weighted by Crippen LogP contribution is -2.56. The van der Waals surface area contributed by atoms with Crippen LogP contribution in [0.15, 0.2) is 24.3 Å². The van der Waals surface area contributed by atoms with Gasteiger partial charge in [0.15, 0.2) is 0 Å². The van der Waals surface area contributed by atoms with Crippen LogP contribution in [0.5, 0.6) is 0 Å². The van der Waals surface area contributed by atoms with Crippen molar-refractivity contribution in [3.63, 3.8) is 0 Å². The monoisotopic (exact) mass is 292 g/mol. The normalized spacial score (nSPS) is 17.4. The average Bonchev–Trinajstić information content (AvgIpc) is 2.52. The molecule has 0 bridgehead atoms. The number of amides is 1. The fourth-order valence-corrected chi connectivity index (χ4v) is 2.29. The second-order valence-electron chi connectivity index (χ2n) is 5.40. The molecule has 1 amide bonds. The molecule has 0 spiro atoms. The van der Waals surface area contributed by atoms with Crippen molar-refractivity contribution < 1.29 is 14.3 Å². The van der Waals surface area contributed by atoms with E-state index in [-0.39, 0.29) is 5.91 Å². The van der Waals surface area contributed by atoms with Gasteiger partial charge < -0.3 is 20.5 Å². The van der Waals surface area contributed by atoms with Crippen molar-refractivity contribution in [2.24, 2.45) is 5.73 Å². The van der Waals surface area contributed by atoms with E-state index in [4.69, 9.17) is 15.2 Å². The number of hydrogen-bond acceptors (Lipinski definition) is 4. The minimum absolute atomic E-state index is 0.0933. The van der Waals surface area contributed by atoms with Gasteiger partial charge in [0.1, 0.15) is 0 Å². The summed E-state index contributed by atoms with van der Waals surface area (Å²) < 4.78 is 10.6. The highest BCUT2D eigenvalue weighted by molar-refractivity contribution is 5.86. The molecule has 0 aliphatic carbocycles. The number of rotatable bonds is 6. The van der Waals surface area contributed by atoms with E-state index >= 15 is 0 Å². The van der Waals surface area contributed by atoms with E-state index in [2.05, 4.69) is 5.32 Å². The topological polar surface area (TPSA) is 73.6 Å². The Morgan fingerprint density at radius 2 is 1.90 bits per heavy atom. The summed E-state index contributed by atoms with van der Waals surface area (Å²) in [4.78, 5) is 12.2. The maximum atomic E-state index is 12.2. The molecule has 0 unspecified atom stereocenters. The third-order valence-electron chi connectivity index (χ3n) is 3.79. The Kier molecular flexibility index (Phi) is 5.73. The highest BCUT2D eigenvalue weighted by Crippen LogP contribution is 2.18. The quantitative estimate of drug-likeness (QED) is 0.830. The molecular weight excluding hydrogens is 268 g/mol. The molecule has 5 heteroatoms. The van der Waals surface area contributed by atoms with Crippen molar-refractivity contribution in [1.82, 2.24) is 5.32 Å². The SMILES string of the molecule is CCOCc1ccc(CNC(=O)C2(N)CCOCC2)cc1. The lowest BCUT2D eigenvalue weighted by molar-refractivity contribution is -0.129. The Balaban J connectivity index is 1.83. The first-order valence-electron chi connectivity index (χ1n) is 7.44. The van der Waals surface area contributed by atoms with Crippen molar-refractivity contribution in [3.05, 3.63) is 35.4 Å². The van der Waals surface area contributed by atoms with Crippen LogP contribution in [0.2, 0.25) is 0 Å². The molecular formula is C16H24N2O3. The first kappa shape index (κ1) is 15.9. The molecule has 2 rings (SSSR count). The van der Waals surface area contributed by atoms with Crippen LogP contribution in [0.25, 0.3) is 0 Å². The number of hydrogen-bond donors (Lipinski definition) is 2. The second-order valence-corrected chi connectivity index (χ2v) is 5.40. The van der Waals surface area contributed by atoms with Crippen molar-refractivity contribution in [2.45, 2.75) is 38.5 Å². The molecule has 1 aliphatic rings. The molecule has 1 saturated heterocycles. The van der Waals surface area contributed by atoms with E-state index in [1.165, 1.54) is 0 Å². The zero-order valence-electron chi connectivity index (χ0n) is 12.6. The molecule has 116 valence electrons. The molecule has 0 radical (unpaired) electrons. The van der Waals surface area contributed by atoms with Crippen LogP contribution in [-0.4, -0.2) is 31.3 Å². The molecule has 1 aromatic rings. The van der Waals surface area contributed by atoms with Crippen LogP contribution in [0, 0.1) is 0 Å². The summed E-state index contributed by atoms with van der Waals surface area (Å²) in [7, 11) is 0. The standard InChI is InChI=1S/C16H24N2O3/c1-2-20-12-14-5-3-13(4-6-14)11-18-15(19)16(17)7-9-21-10-8-16/h3-6H,2,7-12,17H2,1H3,(H,18,19). The predicted molar refractivity (Wildman–Crippen MR) is 80.6 cm³/mol. The fourth-order valence-electron chi connectivity index (χ4n) is 2.29. The molecule has 1 fully saturated rings. The van der Waals surface area contributed by atoms with Crippen molar-refractivity contribution in [1.29, 1.82) is 0 Å². The Morgan fingerprint density at radius 3 is 2.52 bits per heavy atom. The Labute approximate surface area is 125 Å². The van der Waals surface area contributed by atoms with E-state index in [0.717, 1.165) is 11.1 Å². The molecule has 0 atom stereocenters. The van der Waals surface area contributed by atoms with Crippen molar-refractivity contribution in [2.75, 3.05) is 19.8 Å². The molecule has 1 aliphatic heterocycles. The third kappa shape index (κ3) is 4.52. The minimum Gasteiger partial charge on any atom is -0.381 e. The van der Waals surface area contributed by atoms with Gasteiger partial charge in [0, 0.05) is 26.4 Å². The predicted octanol–water partition coefficient (Wildman–Crippen LogP) is 1.35. The number of ether oxygens (including phenoxy) is 2. The lowest BCUT2D eigenvalue weighted by Gasteiger charge is -2.31. The van der Waals surface area contributed by atoms with E-state index in [0.29, 0.717) is 45.8 Å². The fraction of sp³-hybridized carbons (Fsp3) is 0.562. The van der Waals surface area contributed by atoms with Crippen LogP contribution in [-0.2, 0) is 27.4 Å². The van der Waals surface area contributed by atoms with Gasteiger partial charge in [0.2, 0.25) is 5.91 Å². The van der Waals surface area contributed by atoms with Gasteiger partial charge in [0.25, 0.3) is 0 Å².